The van der Waals surface area contributed by atoms with Gasteiger partial charge in [-0.05, 0) is 35.4 Å². The monoisotopic (exact) mass is 400 g/mol. The van der Waals surface area contributed by atoms with Gasteiger partial charge >= 0.3 is 0 Å². The van der Waals surface area contributed by atoms with Crippen molar-refractivity contribution in [3.05, 3.63) is 88.7 Å². The Balaban J connectivity index is 1.63. The summed E-state index contributed by atoms with van der Waals surface area (Å²) in [6.07, 6.45) is 0. The molecular formula is C24H17FN2O3. The van der Waals surface area contributed by atoms with E-state index < -0.39 is 11.2 Å². The number of hydrogen-bond donors (Lipinski definition) is 0. The van der Waals surface area contributed by atoms with Gasteiger partial charge in [0.05, 0.1) is 19.2 Å². The van der Waals surface area contributed by atoms with Crippen molar-refractivity contribution in [2.45, 2.75) is 12.0 Å². The molecule has 5 nitrogen and oxygen atoms in total. The Hall–Kier alpha value is -3.85. The zero-order valence-electron chi connectivity index (χ0n) is 16.2. The van der Waals surface area contributed by atoms with Gasteiger partial charge < -0.3 is 14.4 Å². The molecule has 1 amide bonds. The Bertz CT molecular complexity index is 1220. The minimum Gasteiger partial charge on any atom is -0.497 e. The Morgan fingerprint density at radius 3 is 2.67 bits per heavy atom. The quantitative estimate of drug-likeness (QED) is 0.668. The largest absolute Gasteiger partial charge is 0.497 e. The normalized spacial score (nSPS) is 18.7. The first-order valence-electron chi connectivity index (χ1n) is 9.50. The smallest absolute Gasteiger partial charge is 0.246 e. The minimum absolute atomic E-state index is 0.0750. The third-order valence-electron chi connectivity index (χ3n) is 5.86. The Morgan fingerprint density at radius 1 is 1.17 bits per heavy atom. The van der Waals surface area contributed by atoms with Gasteiger partial charge in [-0.25, -0.2) is 4.39 Å². The van der Waals surface area contributed by atoms with Crippen molar-refractivity contribution < 1.29 is 18.7 Å². The van der Waals surface area contributed by atoms with Crippen LogP contribution in [0.15, 0.2) is 60.7 Å². The molecule has 3 aromatic rings. The molecule has 2 heterocycles. The molecule has 3 aromatic carbocycles. The van der Waals surface area contributed by atoms with Crippen molar-refractivity contribution in [1.82, 2.24) is 0 Å². The van der Waals surface area contributed by atoms with Crippen molar-refractivity contribution in [3.8, 4) is 17.6 Å². The van der Waals surface area contributed by atoms with Gasteiger partial charge in [0.15, 0.2) is 0 Å². The van der Waals surface area contributed by atoms with Crippen molar-refractivity contribution >= 4 is 11.6 Å². The van der Waals surface area contributed by atoms with Gasteiger partial charge in [0.25, 0.3) is 0 Å². The number of ether oxygens (including phenoxy) is 2. The zero-order valence-corrected chi connectivity index (χ0v) is 16.2. The number of benzene rings is 3. The molecule has 0 saturated heterocycles. The third-order valence-corrected chi connectivity index (χ3v) is 5.86. The van der Waals surface area contributed by atoms with E-state index in [9.17, 15) is 14.4 Å². The molecule has 0 bridgehead atoms. The Kier molecular flexibility index (Phi) is 4.00. The molecule has 2 aliphatic rings. The third kappa shape index (κ3) is 2.42. The first-order chi connectivity index (χ1) is 14.6. The summed E-state index contributed by atoms with van der Waals surface area (Å²) >= 11 is 0. The fourth-order valence-electron chi connectivity index (χ4n) is 4.35. The summed E-state index contributed by atoms with van der Waals surface area (Å²) in [5.74, 6) is 0.254. The number of nitriles is 1. The van der Waals surface area contributed by atoms with E-state index in [-0.39, 0.29) is 18.1 Å². The number of fused-ring (bicyclic) bond motifs is 4. The Morgan fingerprint density at radius 2 is 1.93 bits per heavy atom. The molecule has 1 spiro atoms. The summed E-state index contributed by atoms with van der Waals surface area (Å²) in [6, 6.07) is 19.6. The molecule has 0 saturated carbocycles. The van der Waals surface area contributed by atoms with Crippen LogP contribution in [0.5, 0.6) is 11.5 Å². The number of carbonyl (C=O) groups is 1. The van der Waals surface area contributed by atoms with Crippen LogP contribution in [-0.2, 0) is 16.8 Å². The molecule has 6 heteroatoms. The topological polar surface area (TPSA) is 62.6 Å². The molecule has 0 fully saturated rings. The molecule has 1 unspecified atom stereocenters. The number of amides is 1. The van der Waals surface area contributed by atoms with Crippen molar-refractivity contribution in [3.63, 3.8) is 0 Å². The molecule has 2 aliphatic heterocycles. The van der Waals surface area contributed by atoms with Crippen LogP contribution < -0.4 is 14.4 Å². The summed E-state index contributed by atoms with van der Waals surface area (Å²) in [7, 11) is 1.61. The summed E-state index contributed by atoms with van der Waals surface area (Å²) in [5, 5.41) is 9.30. The fraction of sp³-hybridized carbons (Fsp3) is 0.167. The summed E-state index contributed by atoms with van der Waals surface area (Å²) in [6.45, 7) is 0.453. The van der Waals surface area contributed by atoms with Gasteiger partial charge in [-0.3, -0.25) is 4.79 Å². The average Bonchev–Trinajstić information content (AvgIpc) is 3.26. The number of carbonyl (C=O) groups excluding carboxylic acids is 1. The molecule has 0 aliphatic carbocycles. The van der Waals surface area contributed by atoms with Gasteiger partial charge in [-0.15, -0.1) is 0 Å². The molecule has 148 valence electrons. The lowest BCUT2D eigenvalue weighted by Gasteiger charge is -2.23. The predicted octanol–water partition coefficient (Wildman–Crippen LogP) is 3.93. The van der Waals surface area contributed by atoms with Gasteiger partial charge in [0.1, 0.15) is 35.4 Å². The summed E-state index contributed by atoms with van der Waals surface area (Å²) < 4.78 is 25.1. The number of hydrogen-bond acceptors (Lipinski definition) is 4. The van der Waals surface area contributed by atoms with Crippen LogP contribution in [0.2, 0.25) is 0 Å². The number of anilines is 1. The van der Waals surface area contributed by atoms with E-state index in [1.165, 1.54) is 12.1 Å². The van der Waals surface area contributed by atoms with Crippen molar-refractivity contribution in [2.24, 2.45) is 0 Å². The molecule has 0 N–H and O–H groups in total. The second-order valence-electron chi connectivity index (χ2n) is 7.39. The molecule has 30 heavy (non-hydrogen) atoms. The molecule has 0 radical (unpaired) electrons. The van der Waals surface area contributed by atoms with E-state index >= 15 is 0 Å². The van der Waals surface area contributed by atoms with Crippen molar-refractivity contribution in [2.75, 3.05) is 18.6 Å². The molecule has 0 aromatic heterocycles. The second-order valence-corrected chi connectivity index (χ2v) is 7.39. The van der Waals surface area contributed by atoms with Crippen molar-refractivity contribution in [1.29, 1.82) is 5.26 Å². The van der Waals surface area contributed by atoms with Crippen LogP contribution in [0.1, 0.15) is 22.3 Å². The van der Waals surface area contributed by atoms with Gasteiger partial charge in [0.2, 0.25) is 5.91 Å². The van der Waals surface area contributed by atoms with Crippen LogP contribution in [0.4, 0.5) is 10.1 Å². The zero-order chi connectivity index (χ0) is 20.9. The van der Waals surface area contributed by atoms with E-state index in [1.54, 1.807) is 12.0 Å². The summed E-state index contributed by atoms with van der Waals surface area (Å²) in [5.41, 5.74) is 1.90. The Labute approximate surface area is 172 Å². The standard InChI is InChI=1S/C24H17FN2O3/c1-29-17-8-6-15(7-9-17)13-27-21-5-3-2-4-18(21)24(23(27)28)14-30-22-11-20(25)16(12-26)10-19(22)24/h2-11H,13-14H2,1H3. The fourth-order valence-corrected chi connectivity index (χ4v) is 4.35. The first kappa shape index (κ1) is 18.2. The van der Waals surface area contributed by atoms with Crippen LogP contribution >= 0.6 is 0 Å². The van der Waals surface area contributed by atoms with Gasteiger partial charge in [0, 0.05) is 17.3 Å². The first-order valence-corrected chi connectivity index (χ1v) is 9.50. The summed E-state index contributed by atoms with van der Waals surface area (Å²) in [4.78, 5) is 15.5. The van der Waals surface area contributed by atoms with Crippen LogP contribution in [0.3, 0.4) is 0 Å². The van der Waals surface area contributed by atoms with Crippen LogP contribution in [0.25, 0.3) is 0 Å². The highest BCUT2D eigenvalue weighted by atomic mass is 19.1. The van der Waals surface area contributed by atoms with Gasteiger partial charge in [-0.1, -0.05) is 30.3 Å². The minimum atomic E-state index is -1.09. The maximum atomic E-state index is 14.1. The lowest BCUT2D eigenvalue weighted by atomic mass is 9.76. The van der Waals surface area contributed by atoms with E-state index in [0.717, 1.165) is 22.6 Å². The second kappa shape index (κ2) is 6.60. The SMILES string of the molecule is COc1ccc(CN2C(=O)C3(COc4cc(F)c(C#N)cc43)c3ccccc32)cc1. The van der Waals surface area contributed by atoms with E-state index in [1.807, 2.05) is 54.6 Å². The number of rotatable bonds is 3. The maximum absolute atomic E-state index is 14.1. The molecule has 5 rings (SSSR count). The highest BCUT2D eigenvalue weighted by Crippen LogP contribution is 2.52. The van der Waals surface area contributed by atoms with Crippen LogP contribution in [-0.4, -0.2) is 19.6 Å². The highest BCUT2D eigenvalue weighted by molar-refractivity contribution is 6.11. The highest BCUT2D eigenvalue weighted by Gasteiger charge is 2.57. The number of methoxy groups -OCH3 is 1. The van der Waals surface area contributed by atoms with E-state index in [4.69, 9.17) is 9.47 Å². The van der Waals surface area contributed by atoms with Crippen LogP contribution in [0, 0.1) is 17.1 Å². The molecule has 1 atom stereocenters. The lowest BCUT2D eigenvalue weighted by molar-refractivity contribution is -0.122. The van der Waals surface area contributed by atoms with E-state index in [0.29, 0.717) is 17.9 Å². The lowest BCUT2D eigenvalue weighted by Crippen LogP contribution is -2.42. The average molecular weight is 400 g/mol. The molecular weight excluding hydrogens is 383 g/mol. The van der Waals surface area contributed by atoms with E-state index in [2.05, 4.69) is 0 Å². The number of para-hydroxylation sites is 1. The maximum Gasteiger partial charge on any atom is 0.246 e. The predicted molar refractivity (Wildman–Crippen MR) is 108 cm³/mol. The number of nitrogens with zero attached hydrogens (tertiary/aromatic N) is 2. The number of halogens is 1. The van der Waals surface area contributed by atoms with Gasteiger partial charge in [-0.2, -0.15) is 5.26 Å².